The first-order chi connectivity index (χ1) is 9.24. The van der Waals surface area contributed by atoms with Crippen LogP contribution < -0.4 is 9.47 Å². The van der Waals surface area contributed by atoms with Crippen LogP contribution in [0.5, 0.6) is 11.5 Å². The number of methoxy groups -OCH3 is 1. The number of hydrogen-bond acceptors (Lipinski definition) is 4. The van der Waals surface area contributed by atoms with Crippen molar-refractivity contribution >= 4 is 6.29 Å². The number of rotatable bonds is 6. The van der Waals surface area contributed by atoms with Crippen molar-refractivity contribution in [1.82, 2.24) is 9.55 Å². The van der Waals surface area contributed by atoms with Gasteiger partial charge in [0.15, 0.2) is 11.5 Å². The summed E-state index contributed by atoms with van der Waals surface area (Å²) in [4.78, 5) is 14.8. The second-order valence-corrected chi connectivity index (χ2v) is 4.04. The Kier molecular flexibility index (Phi) is 4.18. The third-order valence-corrected chi connectivity index (χ3v) is 2.84. The normalized spacial score (nSPS) is 10.2. The molecule has 1 aromatic heterocycles. The highest BCUT2D eigenvalue weighted by atomic mass is 16.5. The Morgan fingerprint density at radius 2 is 2.21 bits per heavy atom. The number of nitrogens with zero attached hydrogens (tertiary/aromatic N) is 2. The van der Waals surface area contributed by atoms with Crippen molar-refractivity contribution in [2.45, 2.75) is 13.5 Å². The summed E-state index contributed by atoms with van der Waals surface area (Å²) in [5.41, 5.74) is 0.564. The van der Waals surface area contributed by atoms with Gasteiger partial charge in [-0.1, -0.05) is 0 Å². The van der Waals surface area contributed by atoms with Gasteiger partial charge < -0.3 is 14.0 Å². The number of benzene rings is 1. The number of imidazole rings is 1. The van der Waals surface area contributed by atoms with E-state index in [0.717, 1.165) is 12.1 Å². The molecule has 5 heteroatoms. The van der Waals surface area contributed by atoms with E-state index in [-0.39, 0.29) is 0 Å². The van der Waals surface area contributed by atoms with Crippen LogP contribution in [0.2, 0.25) is 0 Å². The minimum Gasteiger partial charge on any atom is -0.493 e. The molecule has 5 nitrogen and oxygen atoms in total. The summed E-state index contributed by atoms with van der Waals surface area (Å²) in [5.74, 6) is 2.14. The first-order valence-corrected chi connectivity index (χ1v) is 5.98. The van der Waals surface area contributed by atoms with Gasteiger partial charge in [-0.25, -0.2) is 4.98 Å². The number of carbonyl (C=O) groups is 1. The topological polar surface area (TPSA) is 53.4 Å². The fourth-order valence-electron chi connectivity index (χ4n) is 1.77. The molecule has 0 N–H and O–H groups in total. The second kappa shape index (κ2) is 6.04. The van der Waals surface area contributed by atoms with E-state index in [1.807, 2.05) is 17.7 Å². The minimum atomic E-state index is 0.508. The van der Waals surface area contributed by atoms with Crippen molar-refractivity contribution in [3.63, 3.8) is 0 Å². The lowest BCUT2D eigenvalue weighted by Crippen LogP contribution is -2.09. The van der Waals surface area contributed by atoms with Crippen LogP contribution in [0.15, 0.2) is 30.6 Å². The molecular weight excluding hydrogens is 244 g/mol. The molecule has 1 aromatic carbocycles. The average molecular weight is 260 g/mol. The lowest BCUT2D eigenvalue weighted by Gasteiger charge is -2.11. The number of aryl methyl sites for hydroxylation is 1. The predicted molar refractivity (Wildman–Crippen MR) is 70.8 cm³/mol. The molecule has 0 amide bonds. The van der Waals surface area contributed by atoms with Gasteiger partial charge in [-0.05, 0) is 25.1 Å². The zero-order valence-corrected chi connectivity index (χ0v) is 11.0. The number of hydrogen-bond donors (Lipinski definition) is 0. The van der Waals surface area contributed by atoms with Crippen LogP contribution in [0.4, 0.5) is 0 Å². The largest absolute Gasteiger partial charge is 0.493 e. The summed E-state index contributed by atoms with van der Waals surface area (Å²) in [6.45, 7) is 3.16. The summed E-state index contributed by atoms with van der Waals surface area (Å²) in [7, 11) is 1.55. The van der Waals surface area contributed by atoms with Gasteiger partial charge in [0.1, 0.15) is 18.7 Å². The standard InChI is InChI=1S/C14H16N2O3/c1-11-15-5-6-16(11)7-8-19-13-4-3-12(10-17)9-14(13)18-2/h3-6,9-10H,7-8H2,1-2H3. The van der Waals surface area contributed by atoms with Gasteiger partial charge in [-0.3, -0.25) is 4.79 Å². The lowest BCUT2D eigenvalue weighted by atomic mass is 10.2. The van der Waals surface area contributed by atoms with Crippen LogP contribution in [0.3, 0.4) is 0 Å². The van der Waals surface area contributed by atoms with Crippen LogP contribution >= 0.6 is 0 Å². The molecule has 0 aliphatic heterocycles. The molecule has 0 aliphatic carbocycles. The minimum absolute atomic E-state index is 0.508. The van der Waals surface area contributed by atoms with Crippen molar-refractivity contribution in [3.8, 4) is 11.5 Å². The highest BCUT2D eigenvalue weighted by Crippen LogP contribution is 2.27. The molecule has 0 aliphatic rings. The fraction of sp³-hybridized carbons (Fsp3) is 0.286. The Bertz CT molecular complexity index is 564. The molecule has 0 atom stereocenters. The van der Waals surface area contributed by atoms with E-state index in [2.05, 4.69) is 4.98 Å². The molecule has 19 heavy (non-hydrogen) atoms. The predicted octanol–water partition coefficient (Wildman–Crippen LogP) is 2.09. The summed E-state index contributed by atoms with van der Waals surface area (Å²) in [6, 6.07) is 5.10. The number of carbonyl (C=O) groups excluding carboxylic acids is 1. The van der Waals surface area contributed by atoms with Crippen molar-refractivity contribution in [3.05, 3.63) is 42.0 Å². The van der Waals surface area contributed by atoms with Gasteiger partial charge in [0.2, 0.25) is 0 Å². The fourth-order valence-corrected chi connectivity index (χ4v) is 1.77. The summed E-state index contributed by atoms with van der Waals surface area (Å²) >= 11 is 0. The van der Waals surface area contributed by atoms with Gasteiger partial charge in [0.05, 0.1) is 13.7 Å². The molecule has 0 spiro atoms. The van der Waals surface area contributed by atoms with E-state index in [9.17, 15) is 4.79 Å². The number of aldehydes is 1. The maximum atomic E-state index is 10.7. The SMILES string of the molecule is COc1cc(C=O)ccc1OCCn1ccnc1C. The average Bonchev–Trinajstić information content (AvgIpc) is 2.84. The Balaban J connectivity index is 1.99. The highest BCUT2D eigenvalue weighted by molar-refractivity contribution is 5.76. The van der Waals surface area contributed by atoms with E-state index in [1.54, 1.807) is 31.5 Å². The Hall–Kier alpha value is -2.30. The number of aromatic nitrogens is 2. The molecule has 0 saturated carbocycles. The summed E-state index contributed by atoms with van der Waals surface area (Å²) in [5, 5.41) is 0. The number of ether oxygens (including phenoxy) is 2. The molecule has 2 aromatic rings. The first kappa shape index (κ1) is 13.1. The zero-order valence-electron chi connectivity index (χ0n) is 11.0. The third-order valence-electron chi connectivity index (χ3n) is 2.84. The van der Waals surface area contributed by atoms with Crippen molar-refractivity contribution in [2.75, 3.05) is 13.7 Å². The lowest BCUT2D eigenvalue weighted by molar-refractivity contribution is 0.112. The van der Waals surface area contributed by atoms with Gasteiger partial charge in [-0.15, -0.1) is 0 Å². The van der Waals surface area contributed by atoms with E-state index in [4.69, 9.17) is 9.47 Å². The molecule has 0 fully saturated rings. The summed E-state index contributed by atoms with van der Waals surface area (Å²) < 4.78 is 12.9. The maximum absolute atomic E-state index is 10.7. The van der Waals surface area contributed by atoms with Gasteiger partial charge >= 0.3 is 0 Å². The van der Waals surface area contributed by atoms with Gasteiger partial charge in [0, 0.05) is 18.0 Å². The molecular formula is C14H16N2O3. The molecule has 2 rings (SSSR count). The van der Waals surface area contributed by atoms with Crippen LogP contribution in [0.25, 0.3) is 0 Å². The monoisotopic (exact) mass is 260 g/mol. The van der Waals surface area contributed by atoms with E-state index >= 15 is 0 Å². The van der Waals surface area contributed by atoms with Gasteiger partial charge in [0.25, 0.3) is 0 Å². The van der Waals surface area contributed by atoms with Crippen LogP contribution in [0.1, 0.15) is 16.2 Å². The second-order valence-electron chi connectivity index (χ2n) is 4.04. The molecule has 1 heterocycles. The third kappa shape index (κ3) is 3.13. The first-order valence-electron chi connectivity index (χ1n) is 5.98. The van der Waals surface area contributed by atoms with E-state index < -0.39 is 0 Å². The molecule has 0 bridgehead atoms. The quantitative estimate of drug-likeness (QED) is 0.746. The van der Waals surface area contributed by atoms with E-state index in [0.29, 0.717) is 30.2 Å². The Morgan fingerprint density at radius 1 is 1.37 bits per heavy atom. The smallest absolute Gasteiger partial charge is 0.161 e. The van der Waals surface area contributed by atoms with Crippen LogP contribution in [0, 0.1) is 6.92 Å². The van der Waals surface area contributed by atoms with Crippen LogP contribution in [-0.4, -0.2) is 29.6 Å². The van der Waals surface area contributed by atoms with Crippen LogP contribution in [-0.2, 0) is 6.54 Å². The van der Waals surface area contributed by atoms with Gasteiger partial charge in [-0.2, -0.15) is 0 Å². The Morgan fingerprint density at radius 3 is 2.84 bits per heavy atom. The molecule has 0 radical (unpaired) electrons. The van der Waals surface area contributed by atoms with Crippen molar-refractivity contribution in [2.24, 2.45) is 0 Å². The zero-order chi connectivity index (χ0) is 13.7. The molecule has 0 unspecified atom stereocenters. The summed E-state index contributed by atoms with van der Waals surface area (Å²) in [6.07, 6.45) is 4.45. The highest BCUT2D eigenvalue weighted by Gasteiger charge is 2.05. The maximum Gasteiger partial charge on any atom is 0.161 e. The van der Waals surface area contributed by atoms with Crippen molar-refractivity contribution in [1.29, 1.82) is 0 Å². The van der Waals surface area contributed by atoms with Crippen molar-refractivity contribution < 1.29 is 14.3 Å². The van der Waals surface area contributed by atoms with E-state index in [1.165, 1.54) is 0 Å². The Labute approximate surface area is 111 Å². The molecule has 100 valence electrons. The molecule has 0 saturated heterocycles.